The normalized spacial score (nSPS) is 10.2. The second kappa shape index (κ2) is 10.5. The van der Waals surface area contributed by atoms with E-state index in [0.29, 0.717) is 36.3 Å². The van der Waals surface area contributed by atoms with E-state index < -0.39 is 11.9 Å². The molecule has 0 saturated heterocycles. The van der Waals surface area contributed by atoms with Gasteiger partial charge < -0.3 is 20.3 Å². The van der Waals surface area contributed by atoms with Crippen molar-refractivity contribution in [3.05, 3.63) is 53.9 Å². The van der Waals surface area contributed by atoms with Gasteiger partial charge in [-0.1, -0.05) is 6.07 Å². The summed E-state index contributed by atoms with van der Waals surface area (Å²) in [5.41, 5.74) is 0.990. The van der Waals surface area contributed by atoms with Gasteiger partial charge in [0.15, 0.2) is 0 Å². The number of carboxylic acid groups (broad SMARTS) is 2. The van der Waals surface area contributed by atoms with Crippen LogP contribution in [0, 0.1) is 5.82 Å². The van der Waals surface area contributed by atoms with Gasteiger partial charge in [-0.15, -0.1) is 0 Å². The molecule has 1 amide bonds. The highest BCUT2D eigenvalue weighted by Gasteiger charge is 2.07. The lowest BCUT2D eigenvalue weighted by Gasteiger charge is -2.09. The van der Waals surface area contributed by atoms with Gasteiger partial charge in [-0.25, -0.2) is 14.0 Å². The number of carbonyl (C=O) groups excluding carboxylic acids is 1. The largest absolute Gasteiger partial charge is 0.497 e. The smallest absolute Gasteiger partial charge is 0.328 e. The van der Waals surface area contributed by atoms with Gasteiger partial charge in [-0.2, -0.15) is 0 Å². The minimum Gasteiger partial charge on any atom is -0.497 e. The minimum atomic E-state index is -1.26. The SMILES string of the molecule is COc1ccc2c(F)ccc(CCNC(C)=O)c2c1.O=C(O)/C=C/C(=O)O. The number of benzene rings is 2. The van der Waals surface area contributed by atoms with Crippen molar-refractivity contribution >= 4 is 28.6 Å². The molecule has 2 aromatic rings. The molecule has 0 aromatic heterocycles. The molecule has 144 valence electrons. The fourth-order valence-corrected chi connectivity index (χ4v) is 2.21. The van der Waals surface area contributed by atoms with Crippen LogP contribution in [0.15, 0.2) is 42.5 Å². The van der Waals surface area contributed by atoms with Gasteiger partial charge >= 0.3 is 11.9 Å². The number of fused-ring (bicyclic) bond motifs is 1. The van der Waals surface area contributed by atoms with Gasteiger partial charge in [-0.05, 0) is 41.6 Å². The van der Waals surface area contributed by atoms with Crippen molar-refractivity contribution in [2.75, 3.05) is 13.7 Å². The van der Waals surface area contributed by atoms with Crippen LogP contribution in [0.5, 0.6) is 5.75 Å². The third-order valence-corrected chi connectivity index (χ3v) is 3.40. The van der Waals surface area contributed by atoms with E-state index in [1.54, 1.807) is 25.3 Å². The highest BCUT2D eigenvalue weighted by molar-refractivity contribution is 5.89. The molecule has 0 fully saturated rings. The van der Waals surface area contributed by atoms with Crippen molar-refractivity contribution in [2.45, 2.75) is 13.3 Å². The molecule has 0 atom stereocenters. The number of hydrogen-bond donors (Lipinski definition) is 3. The summed E-state index contributed by atoms with van der Waals surface area (Å²) in [7, 11) is 1.58. The van der Waals surface area contributed by atoms with E-state index in [2.05, 4.69) is 5.32 Å². The van der Waals surface area contributed by atoms with E-state index in [-0.39, 0.29) is 11.7 Å². The predicted octanol–water partition coefficient (Wildman–Crippen LogP) is 2.38. The summed E-state index contributed by atoms with van der Waals surface area (Å²) in [6.45, 7) is 2.01. The van der Waals surface area contributed by atoms with Crippen LogP contribution in [0.3, 0.4) is 0 Å². The Kier molecular flexibility index (Phi) is 8.44. The topological polar surface area (TPSA) is 113 Å². The van der Waals surface area contributed by atoms with Crippen LogP contribution < -0.4 is 10.1 Å². The van der Waals surface area contributed by atoms with Crippen LogP contribution in [0.4, 0.5) is 4.39 Å². The molecule has 0 aliphatic rings. The molecule has 0 saturated carbocycles. The van der Waals surface area contributed by atoms with Crippen LogP contribution in [0.2, 0.25) is 0 Å². The molecule has 0 heterocycles. The first kappa shape index (κ1) is 21.6. The molecule has 27 heavy (non-hydrogen) atoms. The Morgan fingerprint density at radius 3 is 2.22 bits per heavy atom. The van der Waals surface area contributed by atoms with Gasteiger partial charge in [0.25, 0.3) is 0 Å². The minimum absolute atomic E-state index is 0.0657. The van der Waals surface area contributed by atoms with Gasteiger partial charge in [0.05, 0.1) is 7.11 Å². The lowest BCUT2D eigenvalue weighted by Crippen LogP contribution is -2.22. The Bertz CT molecular complexity index is 847. The first-order valence-corrected chi connectivity index (χ1v) is 7.88. The second-order valence-corrected chi connectivity index (χ2v) is 5.36. The van der Waals surface area contributed by atoms with Crippen LogP contribution >= 0.6 is 0 Å². The van der Waals surface area contributed by atoms with Crippen molar-refractivity contribution in [3.63, 3.8) is 0 Å². The van der Waals surface area contributed by atoms with Crippen molar-refractivity contribution in [2.24, 2.45) is 0 Å². The van der Waals surface area contributed by atoms with Crippen molar-refractivity contribution in [3.8, 4) is 5.75 Å². The standard InChI is InChI=1S/C15H16FNO2.C4H4O4/c1-10(18)17-8-7-11-3-6-15(16)13-5-4-12(19-2)9-14(11)13;5-3(6)1-2-4(7)8/h3-6,9H,7-8H2,1-2H3,(H,17,18);1-2H,(H,5,6)(H,7,8)/b;2-1+. The number of methoxy groups -OCH3 is 1. The third-order valence-electron chi connectivity index (χ3n) is 3.40. The van der Waals surface area contributed by atoms with Gasteiger partial charge in [0.1, 0.15) is 11.6 Å². The van der Waals surface area contributed by atoms with Gasteiger partial charge in [-0.3, -0.25) is 4.79 Å². The second-order valence-electron chi connectivity index (χ2n) is 5.36. The summed E-state index contributed by atoms with van der Waals surface area (Å²) in [4.78, 5) is 30.0. The first-order valence-electron chi connectivity index (χ1n) is 7.88. The number of hydrogen-bond acceptors (Lipinski definition) is 4. The lowest BCUT2D eigenvalue weighted by molar-refractivity contribution is -0.134. The average Bonchev–Trinajstić information content (AvgIpc) is 2.62. The fourth-order valence-electron chi connectivity index (χ4n) is 2.21. The molecule has 0 radical (unpaired) electrons. The van der Waals surface area contributed by atoms with Gasteiger partial charge in [0.2, 0.25) is 5.91 Å². The molecular formula is C19H20FNO6. The summed E-state index contributed by atoms with van der Waals surface area (Å²) in [5, 5.41) is 19.8. The van der Waals surface area contributed by atoms with Crippen LogP contribution in [0.25, 0.3) is 10.8 Å². The number of carboxylic acids is 2. The number of halogens is 1. The summed E-state index contributed by atoms with van der Waals surface area (Å²) in [6.07, 6.45) is 1.77. The molecule has 7 nitrogen and oxygen atoms in total. The zero-order valence-electron chi connectivity index (χ0n) is 14.9. The van der Waals surface area contributed by atoms with E-state index in [9.17, 15) is 18.8 Å². The summed E-state index contributed by atoms with van der Waals surface area (Å²) in [6, 6.07) is 8.48. The molecular weight excluding hydrogens is 357 g/mol. The molecule has 0 aliphatic heterocycles. The van der Waals surface area contributed by atoms with Crippen molar-refractivity contribution in [1.29, 1.82) is 0 Å². The number of rotatable bonds is 6. The summed E-state index contributed by atoms with van der Waals surface area (Å²) in [5.74, 6) is -2.14. The molecule has 2 aromatic carbocycles. The summed E-state index contributed by atoms with van der Waals surface area (Å²) >= 11 is 0. The van der Waals surface area contributed by atoms with Crippen molar-refractivity contribution in [1.82, 2.24) is 5.32 Å². The highest BCUT2D eigenvalue weighted by Crippen LogP contribution is 2.26. The number of ether oxygens (including phenoxy) is 1. The number of nitrogens with one attached hydrogen (secondary N) is 1. The van der Waals surface area contributed by atoms with Crippen LogP contribution in [-0.2, 0) is 20.8 Å². The van der Waals surface area contributed by atoms with Gasteiger partial charge in [0, 0.05) is 31.0 Å². The molecule has 0 bridgehead atoms. The monoisotopic (exact) mass is 377 g/mol. The molecule has 2 rings (SSSR count). The maximum absolute atomic E-state index is 13.7. The summed E-state index contributed by atoms with van der Waals surface area (Å²) < 4.78 is 18.9. The van der Waals surface area contributed by atoms with E-state index in [0.717, 1.165) is 10.9 Å². The van der Waals surface area contributed by atoms with E-state index >= 15 is 0 Å². The Labute approximate surface area is 155 Å². The molecule has 0 unspecified atom stereocenters. The molecule has 8 heteroatoms. The maximum atomic E-state index is 13.7. The van der Waals surface area contributed by atoms with E-state index in [1.165, 1.54) is 13.0 Å². The zero-order valence-corrected chi connectivity index (χ0v) is 14.9. The fraction of sp³-hybridized carbons (Fsp3) is 0.211. The lowest BCUT2D eigenvalue weighted by atomic mass is 10.0. The number of amides is 1. The van der Waals surface area contributed by atoms with Crippen molar-refractivity contribution < 1.29 is 33.7 Å². The molecule has 0 aliphatic carbocycles. The number of carbonyl (C=O) groups is 3. The quantitative estimate of drug-likeness (QED) is 0.666. The predicted molar refractivity (Wildman–Crippen MR) is 97.3 cm³/mol. The highest BCUT2D eigenvalue weighted by atomic mass is 19.1. The Morgan fingerprint density at radius 1 is 1.07 bits per heavy atom. The number of aliphatic carboxylic acids is 2. The first-order chi connectivity index (χ1) is 12.7. The zero-order chi connectivity index (χ0) is 20.4. The Hall–Kier alpha value is -3.42. The maximum Gasteiger partial charge on any atom is 0.328 e. The van der Waals surface area contributed by atoms with Crippen LogP contribution in [-0.4, -0.2) is 41.7 Å². The molecule has 3 N–H and O–H groups in total. The Morgan fingerprint density at radius 2 is 1.70 bits per heavy atom. The van der Waals surface area contributed by atoms with Crippen LogP contribution in [0.1, 0.15) is 12.5 Å². The third kappa shape index (κ3) is 7.55. The molecule has 0 spiro atoms. The van der Waals surface area contributed by atoms with E-state index in [1.807, 2.05) is 6.07 Å². The average molecular weight is 377 g/mol. The van der Waals surface area contributed by atoms with E-state index in [4.69, 9.17) is 14.9 Å². The Balaban J connectivity index is 0.000000387.